The molecule has 0 radical (unpaired) electrons. The van der Waals surface area contributed by atoms with E-state index in [0.29, 0.717) is 24.6 Å². The number of fused-ring (bicyclic) bond motifs is 1. The number of carbonyl (C=O) groups excluding carboxylic acids is 4. The predicted molar refractivity (Wildman–Crippen MR) is 152 cm³/mol. The number of amides is 3. The molecule has 3 aromatic carbocycles. The zero-order chi connectivity index (χ0) is 28.9. The first-order valence-corrected chi connectivity index (χ1v) is 13.6. The summed E-state index contributed by atoms with van der Waals surface area (Å²) < 4.78 is 20.1. The van der Waals surface area contributed by atoms with E-state index in [4.69, 9.17) is 4.74 Å². The van der Waals surface area contributed by atoms with Gasteiger partial charge in [0.1, 0.15) is 18.4 Å². The average Bonchev–Trinajstić information content (AvgIpc) is 3.23. The molecule has 1 atom stereocenters. The number of halogens is 1. The Morgan fingerprint density at radius 3 is 2.37 bits per heavy atom. The summed E-state index contributed by atoms with van der Waals surface area (Å²) in [5.74, 6) is -3.06. The lowest BCUT2D eigenvalue weighted by atomic mass is 10.1. The van der Waals surface area contributed by atoms with E-state index < -0.39 is 41.9 Å². The number of hydrogen-bond donors (Lipinski definition) is 1. The van der Waals surface area contributed by atoms with Gasteiger partial charge in [0.15, 0.2) is 0 Å². The number of morpholine rings is 1. The zero-order valence-electron chi connectivity index (χ0n) is 22.7. The molecule has 3 amide bonds. The van der Waals surface area contributed by atoms with Crippen molar-refractivity contribution in [2.75, 3.05) is 48.0 Å². The molecule has 5 rings (SSSR count). The fourth-order valence-corrected chi connectivity index (χ4v) is 5.16. The molecule has 212 valence electrons. The van der Waals surface area contributed by atoms with Crippen molar-refractivity contribution in [2.24, 2.45) is 0 Å². The Morgan fingerprint density at radius 2 is 1.66 bits per heavy atom. The largest absolute Gasteiger partial charge is 0.378 e. The number of anilines is 3. The number of nitrogens with zero attached hydrogens (tertiary/aromatic N) is 3. The second-order valence-electron chi connectivity index (χ2n) is 9.91. The molecule has 9 nitrogen and oxygen atoms in total. The fourth-order valence-electron chi connectivity index (χ4n) is 5.16. The van der Waals surface area contributed by atoms with Crippen LogP contribution in [0.3, 0.4) is 0 Å². The Bertz CT molecular complexity index is 1450. The lowest BCUT2D eigenvalue weighted by Crippen LogP contribution is -2.50. The number of ketones is 1. The smallest absolute Gasteiger partial charge is 0.299 e. The summed E-state index contributed by atoms with van der Waals surface area (Å²) in [6, 6.07) is 18.9. The van der Waals surface area contributed by atoms with Crippen molar-refractivity contribution in [3.63, 3.8) is 0 Å². The Labute approximate surface area is 237 Å². The molecule has 0 aliphatic carbocycles. The fraction of sp³-hybridized carbons (Fsp3) is 0.290. The maximum atomic E-state index is 14.7. The van der Waals surface area contributed by atoms with Crippen LogP contribution in [0.25, 0.3) is 0 Å². The van der Waals surface area contributed by atoms with Crippen molar-refractivity contribution in [1.82, 2.24) is 4.90 Å². The minimum Gasteiger partial charge on any atom is -0.378 e. The third kappa shape index (κ3) is 5.97. The van der Waals surface area contributed by atoms with Crippen molar-refractivity contribution in [3.05, 3.63) is 89.7 Å². The number of para-hydroxylation sites is 1. The van der Waals surface area contributed by atoms with Crippen molar-refractivity contribution in [3.8, 4) is 0 Å². The summed E-state index contributed by atoms with van der Waals surface area (Å²) in [6.45, 7) is 3.99. The van der Waals surface area contributed by atoms with Crippen LogP contribution in [0.2, 0.25) is 0 Å². The van der Waals surface area contributed by atoms with E-state index in [1.54, 1.807) is 55.5 Å². The van der Waals surface area contributed by atoms with Crippen LogP contribution in [-0.4, -0.2) is 67.3 Å². The summed E-state index contributed by atoms with van der Waals surface area (Å²) in [6.07, 6.45) is 0.237. The van der Waals surface area contributed by atoms with Gasteiger partial charge in [-0.3, -0.25) is 24.1 Å². The second kappa shape index (κ2) is 12.3. The molecule has 1 fully saturated rings. The van der Waals surface area contributed by atoms with E-state index in [1.807, 2.05) is 12.1 Å². The number of rotatable bonds is 9. The number of benzene rings is 3. The molecule has 0 aromatic heterocycles. The summed E-state index contributed by atoms with van der Waals surface area (Å²) in [7, 11) is 0. The first-order valence-electron chi connectivity index (χ1n) is 13.6. The zero-order valence-corrected chi connectivity index (χ0v) is 22.7. The monoisotopic (exact) mass is 558 g/mol. The summed E-state index contributed by atoms with van der Waals surface area (Å²) in [5, 5.41) is 2.88. The molecule has 0 bridgehead atoms. The lowest BCUT2D eigenvalue weighted by Gasteiger charge is -2.32. The van der Waals surface area contributed by atoms with Crippen LogP contribution in [0, 0.1) is 5.82 Å². The molecule has 0 saturated carbocycles. The molecule has 3 aromatic rings. The third-order valence-corrected chi connectivity index (χ3v) is 7.37. The molecular weight excluding hydrogens is 527 g/mol. The highest BCUT2D eigenvalue weighted by molar-refractivity contribution is 6.52. The Hall–Kier alpha value is -4.57. The van der Waals surface area contributed by atoms with E-state index in [0.717, 1.165) is 23.7 Å². The minimum absolute atomic E-state index is 0.189. The van der Waals surface area contributed by atoms with E-state index >= 15 is 0 Å². The SMILES string of the molecule is CCC(C(=O)Nc1ccc(N2CCOCC2)cc1)N(Cc1ccccc1F)C(=O)CN1C(=O)C(=O)c2ccccc21. The number of carbonyl (C=O) groups is 4. The van der Waals surface area contributed by atoms with E-state index in [1.165, 1.54) is 17.0 Å². The molecule has 2 aliphatic heterocycles. The first kappa shape index (κ1) is 28.0. The number of Topliss-reactive ketones (excluding diaryl/α,β-unsaturated/α-hetero) is 1. The molecule has 2 aliphatic rings. The van der Waals surface area contributed by atoms with Crippen LogP contribution in [-0.2, 0) is 25.7 Å². The average molecular weight is 559 g/mol. The predicted octanol–water partition coefficient (Wildman–Crippen LogP) is 3.64. The summed E-state index contributed by atoms with van der Waals surface area (Å²) >= 11 is 0. The van der Waals surface area contributed by atoms with Gasteiger partial charge in [-0.15, -0.1) is 0 Å². The van der Waals surface area contributed by atoms with Crippen molar-refractivity contribution >= 4 is 40.6 Å². The Balaban J connectivity index is 1.37. The highest BCUT2D eigenvalue weighted by atomic mass is 19.1. The van der Waals surface area contributed by atoms with Gasteiger partial charge in [0.25, 0.3) is 11.7 Å². The van der Waals surface area contributed by atoms with Crippen molar-refractivity contribution < 1.29 is 28.3 Å². The van der Waals surface area contributed by atoms with Gasteiger partial charge in [-0.1, -0.05) is 37.3 Å². The van der Waals surface area contributed by atoms with Crippen LogP contribution >= 0.6 is 0 Å². The molecule has 1 unspecified atom stereocenters. The molecule has 1 N–H and O–H groups in total. The lowest BCUT2D eigenvalue weighted by molar-refractivity contribution is -0.138. The molecule has 41 heavy (non-hydrogen) atoms. The highest BCUT2D eigenvalue weighted by Gasteiger charge is 2.38. The maximum absolute atomic E-state index is 14.7. The number of ether oxygens (including phenoxy) is 1. The van der Waals surface area contributed by atoms with Crippen LogP contribution in [0.15, 0.2) is 72.8 Å². The van der Waals surface area contributed by atoms with Gasteiger partial charge >= 0.3 is 0 Å². The van der Waals surface area contributed by atoms with Gasteiger partial charge in [-0.05, 0) is 48.9 Å². The van der Waals surface area contributed by atoms with Crippen molar-refractivity contribution in [1.29, 1.82) is 0 Å². The van der Waals surface area contributed by atoms with E-state index in [2.05, 4.69) is 10.2 Å². The standard InChI is InChI=1S/C31H31FN4O5/c1-2-26(30(39)33-22-11-13-23(14-12-22)34-15-17-41-18-16-34)35(19-21-7-3-5-9-25(21)32)28(37)20-36-27-10-6-4-8-24(27)29(38)31(36)40/h3-14,26H,2,15-20H2,1H3,(H,33,39). The second-order valence-corrected chi connectivity index (χ2v) is 9.91. The minimum atomic E-state index is -0.968. The van der Waals surface area contributed by atoms with Gasteiger partial charge in [0, 0.05) is 36.6 Å². The quantitative estimate of drug-likeness (QED) is 0.403. The van der Waals surface area contributed by atoms with E-state index in [9.17, 15) is 23.6 Å². The van der Waals surface area contributed by atoms with Crippen LogP contribution in [0.1, 0.15) is 29.3 Å². The normalized spacial score (nSPS) is 15.5. The molecule has 10 heteroatoms. The van der Waals surface area contributed by atoms with Crippen molar-refractivity contribution in [2.45, 2.75) is 25.9 Å². The van der Waals surface area contributed by atoms with E-state index in [-0.39, 0.29) is 24.1 Å². The molecular formula is C31H31FN4O5. The summed E-state index contributed by atoms with van der Waals surface area (Å²) in [5.41, 5.74) is 2.35. The maximum Gasteiger partial charge on any atom is 0.299 e. The van der Waals surface area contributed by atoms with Gasteiger partial charge in [0.05, 0.1) is 24.5 Å². The van der Waals surface area contributed by atoms with Gasteiger partial charge < -0.3 is 19.9 Å². The topological polar surface area (TPSA) is 99.3 Å². The van der Waals surface area contributed by atoms with Gasteiger partial charge in [0.2, 0.25) is 11.8 Å². The summed E-state index contributed by atoms with van der Waals surface area (Å²) in [4.78, 5) is 57.1. The molecule has 1 saturated heterocycles. The molecule has 0 spiro atoms. The number of nitrogens with one attached hydrogen (secondary N) is 1. The Morgan fingerprint density at radius 1 is 0.976 bits per heavy atom. The van der Waals surface area contributed by atoms with Crippen LogP contribution in [0.4, 0.5) is 21.5 Å². The molecule has 2 heterocycles. The Kier molecular flexibility index (Phi) is 8.39. The van der Waals surface area contributed by atoms with Gasteiger partial charge in [-0.2, -0.15) is 0 Å². The first-order chi connectivity index (χ1) is 19.9. The van der Waals surface area contributed by atoms with Crippen LogP contribution < -0.4 is 15.1 Å². The van der Waals surface area contributed by atoms with Crippen LogP contribution in [0.5, 0.6) is 0 Å². The third-order valence-electron chi connectivity index (χ3n) is 7.37. The number of hydrogen-bond acceptors (Lipinski definition) is 6. The highest BCUT2D eigenvalue weighted by Crippen LogP contribution is 2.29. The van der Waals surface area contributed by atoms with Gasteiger partial charge in [-0.25, -0.2) is 4.39 Å².